The molecule has 0 aromatic rings. The minimum atomic E-state index is 0.977. The monoisotopic (exact) mass is 572 g/mol. The number of unbranched alkanes of at least 4 members (excludes halogenated alkanes) is 26. The van der Waals surface area contributed by atoms with Crippen molar-refractivity contribution in [3.63, 3.8) is 0 Å². The predicted molar refractivity (Wildman–Crippen MR) is 187 cm³/mol. The zero-order valence-corrected chi connectivity index (χ0v) is 28.5. The van der Waals surface area contributed by atoms with Gasteiger partial charge in [-0.2, -0.15) is 0 Å². The van der Waals surface area contributed by atoms with E-state index >= 15 is 0 Å². The summed E-state index contributed by atoms with van der Waals surface area (Å²) in [6.45, 7) is 4.62. The molecule has 0 fully saturated rings. The number of nitrogens with zero attached hydrogens (tertiary/aromatic N) is 2. The van der Waals surface area contributed by atoms with Gasteiger partial charge in [-0.25, -0.2) is 0 Å². The molecule has 1 aliphatic heterocycles. The summed E-state index contributed by atoms with van der Waals surface area (Å²) in [4.78, 5) is 8.67. The quantitative estimate of drug-likeness (QED) is 0.0542. The molecule has 240 valence electrons. The van der Waals surface area contributed by atoms with E-state index in [1.54, 1.807) is 0 Å². The highest BCUT2D eigenvalue weighted by Crippen LogP contribution is 2.26. The summed E-state index contributed by atoms with van der Waals surface area (Å²) in [6, 6.07) is 0. The van der Waals surface area contributed by atoms with Gasteiger partial charge in [0, 0.05) is 0 Å². The van der Waals surface area contributed by atoms with Crippen LogP contribution in [0.2, 0.25) is 0 Å². The first-order valence-corrected chi connectivity index (χ1v) is 19.3. The Morgan fingerprint density at radius 3 is 0.951 bits per heavy atom. The molecule has 0 saturated carbocycles. The Morgan fingerprint density at radius 2 is 0.634 bits per heavy atom. The normalized spacial score (nSPS) is 13.6. The fourth-order valence-electron chi connectivity index (χ4n) is 6.63. The summed E-state index contributed by atoms with van der Waals surface area (Å²) in [7, 11) is 0. The van der Waals surface area contributed by atoms with Crippen LogP contribution in [0.5, 0.6) is 0 Å². The van der Waals surface area contributed by atoms with Gasteiger partial charge in [-0.1, -0.05) is 223 Å². The summed E-state index contributed by atoms with van der Waals surface area (Å²) in [5.41, 5.74) is 0. The van der Waals surface area contributed by atoms with E-state index in [1.807, 2.05) is 12.4 Å². The topological polar surface area (TPSA) is 24.7 Å². The van der Waals surface area contributed by atoms with Crippen LogP contribution in [0.1, 0.15) is 226 Å². The average Bonchev–Trinajstić information content (AvgIpc) is 3.51. The molecule has 0 amide bonds. The van der Waals surface area contributed by atoms with E-state index in [0.29, 0.717) is 0 Å². The van der Waals surface area contributed by atoms with Gasteiger partial charge in [0.15, 0.2) is 12.4 Å². The summed E-state index contributed by atoms with van der Waals surface area (Å²) >= 11 is 0. The molecular formula is C39H75N2+. The van der Waals surface area contributed by atoms with Crippen LogP contribution >= 0.6 is 0 Å². The minimum Gasteiger partial charge on any atom is -0.0968 e. The first kappa shape index (κ1) is 38.2. The van der Waals surface area contributed by atoms with Crippen molar-refractivity contribution in [1.29, 1.82) is 0 Å². The number of hydrogen-bond donors (Lipinski definition) is 0. The van der Waals surface area contributed by atoms with Crippen molar-refractivity contribution in [3.05, 3.63) is 6.17 Å². The number of hydrogen-bond acceptors (Lipinski definition) is 2. The summed E-state index contributed by atoms with van der Waals surface area (Å²) in [5.74, 6) is 0.977. The van der Waals surface area contributed by atoms with E-state index in [9.17, 15) is 0 Å². The molecule has 0 aromatic carbocycles. The van der Waals surface area contributed by atoms with Crippen molar-refractivity contribution in [1.82, 2.24) is 0 Å². The van der Waals surface area contributed by atoms with Gasteiger partial charge in [-0.05, 0) is 12.3 Å². The van der Waals surface area contributed by atoms with E-state index in [1.165, 1.54) is 205 Å². The highest BCUT2D eigenvalue weighted by molar-refractivity contribution is 6.18. The Hall–Kier alpha value is -0.790. The summed E-state index contributed by atoms with van der Waals surface area (Å²) < 4.78 is 0. The van der Waals surface area contributed by atoms with Crippen molar-refractivity contribution in [3.8, 4) is 0 Å². The van der Waals surface area contributed by atoms with Gasteiger partial charge in [0.1, 0.15) is 0 Å². The molecule has 2 nitrogen and oxygen atoms in total. The SMILES string of the molecule is CCCCCCCCCCCCCCCCC(CCCCCCCCCCCCCC)CCCCC[C+]1N=CC=N1. The maximum Gasteiger partial charge on any atom is 0.240 e. The van der Waals surface area contributed by atoms with Crippen LogP contribution in [-0.2, 0) is 0 Å². The Bertz CT molecular complexity index is 542. The molecular weight excluding hydrogens is 496 g/mol. The highest BCUT2D eigenvalue weighted by atomic mass is 15.0. The lowest BCUT2D eigenvalue weighted by atomic mass is 9.89. The molecule has 0 saturated heterocycles. The van der Waals surface area contributed by atoms with E-state index in [2.05, 4.69) is 23.8 Å². The maximum atomic E-state index is 4.34. The number of rotatable bonds is 34. The van der Waals surface area contributed by atoms with Crippen LogP contribution in [0.15, 0.2) is 9.98 Å². The van der Waals surface area contributed by atoms with E-state index < -0.39 is 0 Å². The van der Waals surface area contributed by atoms with Crippen LogP contribution in [-0.4, -0.2) is 12.4 Å². The van der Waals surface area contributed by atoms with E-state index in [0.717, 1.165) is 18.5 Å². The first-order chi connectivity index (χ1) is 20.4. The Labute approximate surface area is 259 Å². The highest BCUT2D eigenvalue weighted by Gasteiger charge is 2.15. The zero-order valence-electron chi connectivity index (χ0n) is 28.5. The van der Waals surface area contributed by atoms with E-state index in [-0.39, 0.29) is 0 Å². The molecule has 0 bridgehead atoms. The minimum absolute atomic E-state index is 0.977. The second-order valence-electron chi connectivity index (χ2n) is 13.5. The van der Waals surface area contributed by atoms with Gasteiger partial charge in [0.2, 0.25) is 6.17 Å². The third-order valence-electron chi connectivity index (χ3n) is 9.46. The molecule has 0 aromatic heterocycles. The lowest BCUT2D eigenvalue weighted by Crippen LogP contribution is -2.02. The molecule has 0 spiro atoms. The molecule has 1 atom stereocenters. The Morgan fingerprint density at radius 1 is 0.366 bits per heavy atom. The summed E-state index contributed by atoms with van der Waals surface area (Å²) in [6.07, 6.45) is 52.2. The molecule has 1 rings (SSSR count). The third-order valence-corrected chi connectivity index (χ3v) is 9.46. The molecule has 1 unspecified atom stereocenters. The van der Waals surface area contributed by atoms with Crippen LogP contribution in [0.25, 0.3) is 0 Å². The largest absolute Gasteiger partial charge is 0.240 e. The van der Waals surface area contributed by atoms with Crippen molar-refractivity contribution in [2.24, 2.45) is 15.9 Å². The molecule has 1 aliphatic rings. The van der Waals surface area contributed by atoms with Crippen LogP contribution < -0.4 is 0 Å². The fourth-order valence-corrected chi connectivity index (χ4v) is 6.63. The fraction of sp³-hybridized carbons (Fsp3) is 0.923. The molecule has 0 N–H and O–H groups in total. The average molecular weight is 572 g/mol. The van der Waals surface area contributed by atoms with Gasteiger partial charge in [0.05, 0.1) is 6.42 Å². The van der Waals surface area contributed by atoms with Crippen LogP contribution in [0.3, 0.4) is 0 Å². The standard InChI is InChI=1S/C39H75N2/c1-3-5-7-9-11-13-15-17-18-20-22-24-26-29-33-38(34-30-27-31-35-39-40-36-37-41-39)32-28-25-23-21-19-16-14-12-10-8-6-4-2/h36-38H,3-35H2,1-2H3/q+1. The second kappa shape index (κ2) is 32.1. The zero-order chi connectivity index (χ0) is 29.3. The molecule has 0 aliphatic carbocycles. The Kier molecular flexibility index (Phi) is 30.0. The summed E-state index contributed by atoms with van der Waals surface area (Å²) in [5, 5.41) is 0. The molecule has 0 radical (unpaired) electrons. The van der Waals surface area contributed by atoms with E-state index in [4.69, 9.17) is 0 Å². The second-order valence-corrected chi connectivity index (χ2v) is 13.5. The molecule has 41 heavy (non-hydrogen) atoms. The number of aliphatic imine (C=N–C) groups is 2. The van der Waals surface area contributed by atoms with Crippen LogP contribution in [0, 0.1) is 12.1 Å². The molecule has 1 heterocycles. The van der Waals surface area contributed by atoms with Gasteiger partial charge < -0.3 is 0 Å². The van der Waals surface area contributed by atoms with Crippen molar-refractivity contribution in [2.75, 3.05) is 0 Å². The van der Waals surface area contributed by atoms with Gasteiger partial charge in [-0.3, -0.25) is 0 Å². The van der Waals surface area contributed by atoms with Gasteiger partial charge in [-0.15, -0.1) is 0 Å². The van der Waals surface area contributed by atoms with Gasteiger partial charge >= 0.3 is 0 Å². The molecule has 2 heteroatoms. The maximum absolute atomic E-state index is 4.34. The lowest BCUT2D eigenvalue weighted by molar-refractivity contribution is 0.366. The van der Waals surface area contributed by atoms with Crippen molar-refractivity contribution < 1.29 is 0 Å². The third kappa shape index (κ3) is 27.8. The first-order valence-electron chi connectivity index (χ1n) is 19.3. The lowest BCUT2D eigenvalue weighted by Gasteiger charge is -2.17. The smallest absolute Gasteiger partial charge is 0.0968 e. The van der Waals surface area contributed by atoms with Crippen molar-refractivity contribution >= 4 is 12.4 Å². The predicted octanol–water partition coefficient (Wildman–Crippen LogP) is 14.2. The van der Waals surface area contributed by atoms with Crippen LogP contribution in [0.4, 0.5) is 0 Å². The van der Waals surface area contributed by atoms with Gasteiger partial charge in [0.25, 0.3) is 0 Å². The van der Waals surface area contributed by atoms with Crippen molar-refractivity contribution in [2.45, 2.75) is 226 Å². The Balaban J connectivity index is 2.04.